The van der Waals surface area contributed by atoms with Gasteiger partial charge in [-0.1, -0.05) is 28.1 Å². The molecule has 3 rings (SSSR count). The summed E-state index contributed by atoms with van der Waals surface area (Å²) in [7, 11) is 0.755. The molecule has 1 fully saturated rings. The molecule has 1 heterocycles. The fourth-order valence-electron chi connectivity index (χ4n) is 3.63. The van der Waals surface area contributed by atoms with E-state index in [1.54, 1.807) is 31.4 Å². The highest BCUT2D eigenvalue weighted by Crippen LogP contribution is 2.39. The van der Waals surface area contributed by atoms with E-state index in [0.717, 1.165) is 8.78 Å². The largest absolute Gasteiger partial charge is 0.507 e. The molecule has 0 aromatic heterocycles. The quantitative estimate of drug-likeness (QED) is 0.240. The fraction of sp³-hybridized carbons (Fsp3) is 0.304. The van der Waals surface area contributed by atoms with Gasteiger partial charge in [0.25, 0.3) is 11.7 Å². The number of amides is 1. The van der Waals surface area contributed by atoms with Gasteiger partial charge in [0.05, 0.1) is 16.5 Å². The number of Topliss-reactive ketones (excluding diaryl/α,β-unsaturated/α-hetero) is 1. The van der Waals surface area contributed by atoms with Gasteiger partial charge < -0.3 is 14.7 Å². The van der Waals surface area contributed by atoms with Crippen LogP contribution in [0.15, 0.2) is 63.5 Å². The average molecular weight is 537 g/mol. The number of aliphatic hydroxyl groups excluding tert-OH is 1. The Labute approximate surface area is 201 Å². The van der Waals surface area contributed by atoms with Gasteiger partial charge in [-0.05, 0) is 48.4 Å². The molecule has 1 amide bonds. The van der Waals surface area contributed by atoms with Crippen LogP contribution in [0.25, 0.3) is 5.76 Å². The highest BCUT2D eigenvalue weighted by Gasteiger charge is 2.45. The minimum atomic E-state index is -3.65. The van der Waals surface area contributed by atoms with Crippen LogP contribution in [0.1, 0.15) is 23.6 Å². The summed E-state index contributed by atoms with van der Waals surface area (Å²) in [6.07, 6.45) is 0.522. The molecule has 2 aromatic carbocycles. The molecule has 0 aliphatic carbocycles. The van der Waals surface area contributed by atoms with E-state index >= 15 is 0 Å². The van der Waals surface area contributed by atoms with Gasteiger partial charge in [-0.2, -0.15) is 0 Å². The number of ether oxygens (including phenoxy) is 1. The average Bonchev–Trinajstić information content (AvgIpc) is 3.04. The Morgan fingerprint density at radius 2 is 1.70 bits per heavy atom. The molecule has 0 saturated carbocycles. The van der Waals surface area contributed by atoms with Crippen LogP contribution in [0.3, 0.4) is 0 Å². The maximum Gasteiger partial charge on any atom is 0.295 e. The fourth-order valence-corrected chi connectivity index (χ4v) is 4.80. The van der Waals surface area contributed by atoms with E-state index in [4.69, 9.17) is 4.74 Å². The van der Waals surface area contributed by atoms with E-state index in [-0.39, 0.29) is 28.3 Å². The topological polar surface area (TPSA) is 104 Å². The van der Waals surface area contributed by atoms with Crippen molar-refractivity contribution >= 4 is 43.4 Å². The van der Waals surface area contributed by atoms with Crippen molar-refractivity contribution in [2.75, 3.05) is 34.4 Å². The van der Waals surface area contributed by atoms with Crippen molar-refractivity contribution in [1.29, 1.82) is 0 Å². The van der Waals surface area contributed by atoms with Crippen LogP contribution in [0.4, 0.5) is 0 Å². The van der Waals surface area contributed by atoms with Crippen molar-refractivity contribution in [3.8, 4) is 0 Å². The molecular formula is C23H25BrN2O6S. The molecule has 1 atom stereocenters. The summed E-state index contributed by atoms with van der Waals surface area (Å²) in [4.78, 5) is 27.3. The van der Waals surface area contributed by atoms with Crippen molar-refractivity contribution in [3.05, 3.63) is 69.7 Å². The molecule has 10 heteroatoms. The first-order valence-corrected chi connectivity index (χ1v) is 12.4. The SMILES string of the molecule is COCCCN1C(=O)C(=O)/C(=C(/O)c2ccc(S(=O)(=O)N(C)C)cc2)C1c1ccc(Br)cc1. The van der Waals surface area contributed by atoms with Crippen molar-refractivity contribution in [2.24, 2.45) is 0 Å². The number of halogens is 1. The Bertz CT molecular complexity index is 1170. The van der Waals surface area contributed by atoms with Crippen LogP contribution >= 0.6 is 15.9 Å². The molecule has 33 heavy (non-hydrogen) atoms. The van der Waals surface area contributed by atoms with Crippen LogP contribution < -0.4 is 0 Å². The summed E-state index contributed by atoms with van der Waals surface area (Å²) in [5.74, 6) is -1.85. The van der Waals surface area contributed by atoms with E-state index in [9.17, 15) is 23.1 Å². The standard InChI is InChI=1S/C23H25BrN2O6S/c1-25(2)33(30,31)18-11-7-16(8-12-18)21(27)19-20(15-5-9-17(24)10-6-15)26(13-4-14-32-3)23(29)22(19)28/h5-12,20,27H,4,13-14H2,1-3H3/b21-19+. The Kier molecular flexibility index (Phi) is 7.73. The first kappa shape index (κ1) is 25.1. The molecule has 8 nitrogen and oxygen atoms in total. The summed E-state index contributed by atoms with van der Waals surface area (Å²) in [5.41, 5.74) is 0.871. The molecule has 0 bridgehead atoms. The second kappa shape index (κ2) is 10.2. The molecule has 2 aromatic rings. The van der Waals surface area contributed by atoms with E-state index in [2.05, 4.69) is 15.9 Å². The van der Waals surface area contributed by atoms with Gasteiger partial charge in [0, 0.05) is 44.4 Å². The number of hydrogen-bond donors (Lipinski definition) is 1. The van der Waals surface area contributed by atoms with Crippen LogP contribution in [0, 0.1) is 0 Å². The second-order valence-electron chi connectivity index (χ2n) is 7.70. The number of ketones is 1. The van der Waals surface area contributed by atoms with Gasteiger partial charge in [-0.15, -0.1) is 0 Å². The highest BCUT2D eigenvalue weighted by atomic mass is 79.9. The number of rotatable bonds is 8. The first-order valence-electron chi connectivity index (χ1n) is 10.2. The van der Waals surface area contributed by atoms with Gasteiger partial charge in [0.15, 0.2) is 0 Å². The molecule has 176 valence electrons. The number of carbonyl (C=O) groups is 2. The third kappa shape index (κ3) is 5.03. The lowest BCUT2D eigenvalue weighted by Crippen LogP contribution is -2.31. The molecule has 1 aliphatic rings. The molecule has 0 radical (unpaired) electrons. The maximum absolute atomic E-state index is 13.0. The summed E-state index contributed by atoms with van der Waals surface area (Å²) < 4.78 is 31.7. The number of carbonyl (C=O) groups excluding carboxylic acids is 2. The predicted molar refractivity (Wildman–Crippen MR) is 127 cm³/mol. The summed E-state index contributed by atoms with van der Waals surface area (Å²) in [6.45, 7) is 0.688. The summed E-state index contributed by atoms with van der Waals surface area (Å²) >= 11 is 3.38. The Balaban J connectivity index is 2.09. The summed E-state index contributed by atoms with van der Waals surface area (Å²) in [5, 5.41) is 11.1. The Morgan fingerprint density at radius 3 is 2.24 bits per heavy atom. The minimum absolute atomic E-state index is 0.0389. The molecule has 0 spiro atoms. The van der Waals surface area contributed by atoms with Crippen LogP contribution in [-0.4, -0.2) is 68.8 Å². The monoisotopic (exact) mass is 536 g/mol. The number of sulfonamides is 1. The number of benzene rings is 2. The zero-order valence-electron chi connectivity index (χ0n) is 18.5. The van der Waals surface area contributed by atoms with Crippen molar-refractivity contribution in [3.63, 3.8) is 0 Å². The van der Waals surface area contributed by atoms with E-state index < -0.39 is 27.8 Å². The smallest absolute Gasteiger partial charge is 0.295 e. The zero-order chi connectivity index (χ0) is 24.3. The number of methoxy groups -OCH3 is 1. The lowest BCUT2D eigenvalue weighted by Gasteiger charge is -2.25. The lowest BCUT2D eigenvalue weighted by atomic mass is 9.95. The maximum atomic E-state index is 13.0. The highest BCUT2D eigenvalue weighted by molar-refractivity contribution is 9.10. The van der Waals surface area contributed by atoms with Crippen LogP contribution in [-0.2, 0) is 24.3 Å². The van der Waals surface area contributed by atoms with Gasteiger partial charge >= 0.3 is 0 Å². The van der Waals surface area contributed by atoms with E-state index in [0.29, 0.717) is 18.6 Å². The molecule has 1 aliphatic heterocycles. The Hall–Kier alpha value is -2.53. The predicted octanol–water partition coefficient (Wildman–Crippen LogP) is 3.16. The normalized spacial score (nSPS) is 18.3. The van der Waals surface area contributed by atoms with Gasteiger partial charge in [0.2, 0.25) is 10.0 Å². The van der Waals surface area contributed by atoms with Crippen molar-refractivity contribution < 1.29 is 27.9 Å². The van der Waals surface area contributed by atoms with Crippen LogP contribution in [0.5, 0.6) is 0 Å². The third-order valence-electron chi connectivity index (χ3n) is 5.38. The molecular weight excluding hydrogens is 512 g/mol. The molecule has 1 unspecified atom stereocenters. The Morgan fingerprint density at radius 1 is 1.09 bits per heavy atom. The molecule has 1 N–H and O–H groups in total. The van der Waals surface area contributed by atoms with Crippen LogP contribution in [0.2, 0.25) is 0 Å². The lowest BCUT2D eigenvalue weighted by molar-refractivity contribution is -0.140. The first-order chi connectivity index (χ1) is 15.6. The van der Waals surface area contributed by atoms with Crippen molar-refractivity contribution in [1.82, 2.24) is 9.21 Å². The zero-order valence-corrected chi connectivity index (χ0v) is 20.9. The minimum Gasteiger partial charge on any atom is -0.507 e. The van der Waals surface area contributed by atoms with Crippen molar-refractivity contribution in [2.45, 2.75) is 17.4 Å². The van der Waals surface area contributed by atoms with Gasteiger partial charge in [-0.25, -0.2) is 12.7 Å². The number of hydrogen-bond acceptors (Lipinski definition) is 6. The number of likely N-dealkylation sites (tertiary alicyclic amines) is 1. The molecule has 1 saturated heterocycles. The number of nitrogens with zero attached hydrogens (tertiary/aromatic N) is 2. The van der Waals surface area contributed by atoms with Gasteiger partial charge in [-0.3, -0.25) is 9.59 Å². The van der Waals surface area contributed by atoms with E-state index in [1.165, 1.54) is 43.3 Å². The third-order valence-corrected chi connectivity index (χ3v) is 7.74. The summed E-state index contributed by atoms with van der Waals surface area (Å²) in [6, 6.07) is 11.9. The van der Waals surface area contributed by atoms with E-state index in [1.807, 2.05) is 0 Å². The second-order valence-corrected chi connectivity index (χ2v) is 10.8. The van der Waals surface area contributed by atoms with Gasteiger partial charge in [0.1, 0.15) is 5.76 Å². The number of aliphatic hydroxyl groups is 1.